The van der Waals surface area contributed by atoms with E-state index in [2.05, 4.69) is 34.2 Å². The summed E-state index contributed by atoms with van der Waals surface area (Å²) in [6, 6.07) is 47.3. The van der Waals surface area contributed by atoms with E-state index in [4.69, 9.17) is 37.9 Å². The van der Waals surface area contributed by atoms with Crippen LogP contribution < -0.4 is 28.4 Å². The van der Waals surface area contributed by atoms with Gasteiger partial charge in [-0.05, 0) is 144 Å². The molecule has 0 unspecified atom stereocenters. The van der Waals surface area contributed by atoms with Gasteiger partial charge in [0.25, 0.3) is 0 Å². The summed E-state index contributed by atoms with van der Waals surface area (Å²) in [6.45, 7) is 4.19. The molecule has 4 aromatic heterocycles. The molecule has 0 saturated heterocycles. The second-order valence-electron chi connectivity index (χ2n) is 16.6. The third-order valence-corrected chi connectivity index (χ3v) is 15.0. The molecular weight excluding hydrogens is 973 g/mol. The smallest absolute Gasteiger partial charge is 0.355 e. The van der Waals surface area contributed by atoms with Crippen LogP contribution in [0.2, 0.25) is 0 Å². The minimum Gasteiger partial charge on any atom is -0.497 e. The standard InChI is InChI=1S/2C30H27NO5S/c2*1-5-36-30(32)27-25(19-8-14-22(34-3)15-9-19)29-26(31-27)24(18-6-12-21(33-2)13-7-18)28(37-29)20-10-16-23(35-4)17-11-20/h2*6-17,31H,5H2,1-4H3. The molecule has 0 aliphatic heterocycles. The van der Waals surface area contributed by atoms with Gasteiger partial charge in [0.15, 0.2) is 0 Å². The fourth-order valence-electron chi connectivity index (χ4n) is 8.79. The van der Waals surface area contributed by atoms with Crippen LogP contribution in [0.15, 0.2) is 146 Å². The number of aromatic amines is 2. The van der Waals surface area contributed by atoms with Crippen LogP contribution in [0, 0.1) is 0 Å². The molecular formula is C60H54N2O10S2. The summed E-state index contributed by atoms with van der Waals surface area (Å²) in [7, 11) is 9.88. The molecule has 12 nitrogen and oxygen atoms in total. The fourth-order valence-corrected chi connectivity index (χ4v) is 11.5. The molecule has 0 amide bonds. The number of H-pyrrole nitrogens is 2. The Morgan fingerprint density at radius 2 is 0.581 bits per heavy atom. The number of carbonyl (C=O) groups excluding carboxylic acids is 2. The predicted molar refractivity (Wildman–Crippen MR) is 296 cm³/mol. The van der Waals surface area contributed by atoms with Crippen LogP contribution in [0.4, 0.5) is 0 Å². The Hall–Kier alpha value is -8.46. The van der Waals surface area contributed by atoms with E-state index in [9.17, 15) is 9.59 Å². The lowest BCUT2D eigenvalue weighted by atomic mass is 10.0. The highest BCUT2D eigenvalue weighted by Gasteiger charge is 2.29. The molecule has 14 heteroatoms. The summed E-state index contributed by atoms with van der Waals surface area (Å²) in [5.41, 5.74) is 12.2. The minimum atomic E-state index is -0.386. The fraction of sp³-hybridized carbons (Fsp3) is 0.167. The number of hydrogen-bond acceptors (Lipinski definition) is 12. The molecule has 0 radical (unpaired) electrons. The van der Waals surface area contributed by atoms with Crippen molar-refractivity contribution in [2.24, 2.45) is 0 Å². The Morgan fingerprint density at radius 3 is 0.811 bits per heavy atom. The van der Waals surface area contributed by atoms with Crippen LogP contribution in [0.1, 0.15) is 34.8 Å². The van der Waals surface area contributed by atoms with Gasteiger partial charge in [-0.25, -0.2) is 9.59 Å². The summed E-state index contributed by atoms with van der Waals surface area (Å²) < 4.78 is 45.0. The number of ether oxygens (including phenoxy) is 8. The van der Waals surface area contributed by atoms with Crippen LogP contribution in [0.5, 0.6) is 34.5 Å². The molecule has 0 bridgehead atoms. The van der Waals surface area contributed by atoms with E-state index in [1.54, 1.807) is 79.2 Å². The van der Waals surface area contributed by atoms with Gasteiger partial charge in [0, 0.05) is 32.0 Å². The van der Waals surface area contributed by atoms with Gasteiger partial charge in [-0.15, -0.1) is 22.7 Å². The largest absolute Gasteiger partial charge is 0.497 e. The molecule has 10 aromatic rings. The number of fused-ring (bicyclic) bond motifs is 2. The molecule has 74 heavy (non-hydrogen) atoms. The molecule has 0 aliphatic carbocycles. The van der Waals surface area contributed by atoms with Crippen LogP contribution in [0.3, 0.4) is 0 Å². The predicted octanol–water partition coefficient (Wildman–Crippen LogP) is 14.9. The van der Waals surface area contributed by atoms with E-state index in [1.165, 1.54) is 0 Å². The summed E-state index contributed by atoms with van der Waals surface area (Å²) in [6.07, 6.45) is 0. The topological polar surface area (TPSA) is 140 Å². The van der Waals surface area contributed by atoms with Crippen LogP contribution >= 0.6 is 22.7 Å². The van der Waals surface area contributed by atoms with Gasteiger partial charge >= 0.3 is 11.9 Å². The molecule has 2 N–H and O–H groups in total. The van der Waals surface area contributed by atoms with Crippen molar-refractivity contribution < 1.29 is 47.5 Å². The molecule has 0 aliphatic rings. The third kappa shape index (κ3) is 10.0. The van der Waals surface area contributed by atoms with Gasteiger partial charge in [-0.3, -0.25) is 0 Å². The van der Waals surface area contributed by atoms with Crippen molar-refractivity contribution >= 4 is 55.0 Å². The SMILES string of the molecule is CCOC(=O)c1[nH]c2c(-c3ccc(OC)cc3)c(-c3ccc(OC)cc3)sc2c1-c1ccc(OC)cc1.CCOC(=O)c1[nH]c2c(-c3ccc(OC)cc3)c(-c3ccc(OC)cc3)sc2c1-c1ccc(OC)cc1. The molecule has 0 fully saturated rings. The first-order valence-electron chi connectivity index (χ1n) is 23.7. The highest BCUT2D eigenvalue weighted by molar-refractivity contribution is 7.24. The quantitative estimate of drug-likeness (QED) is 0.0899. The Balaban J connectivity index is 0.000000182. The Morgan fingerprint density at radius 1 is 0.351 bits per heavy atom. The maximum absolute atomic E-state index is 13.1. The van der Waals surface area contributed by atoms with Crippen molar-refractivity contribution in [2.75, 3.05) is 55.9 Å². The molecule has 0 spiro atoms. The monoisotopic (exact) mass is 1030 g/mol. The van der Waals surface area contributed by atoms with Crippen molar-refractivity contribution in [1.82, 2.24) is 9.97 Å². The zero-order valence-corrected chi connectivity index (χ0v) is 43.8. The summed E-state index contributed by atoms with van der Waals surface area (Å²) in [5.74, 6) is 3.86. The number of hydrogen-bond donors (Lipinski definition) is 2. The average molecular weight is 1030 g/mol. The number of nitrogens with one attached hydrogen (secondary N) is 2. The van der Waals surface area contributed by atoms with Gasteiger partial charge in [-0.1, -0.05) is 48.5 Å². The van der Waals surface area contributed by atoms with Crippen molar-refractivity contribution in [2.45, 2.75) is 13.8 Å². The summed E-state index contributed by atoms with van der Waals surface area (Å²) >= 11 is 3.28. The lowest BCUT2D eigenvalue weighted by Gasteiger charge is -2.09. The van der Waals surface area contributed by atoms with Gasteiger partial charge in [0.2, 0.25) is 0 Å². The van der Waals surface area contributed by atoms with E-state index in [1.807, 2.05) is 121 Å². The molecule has 0 saturated carbocycles. The second kappa shape index (κ2) is 22.5. The van der Waals surface area contributed by atoms with Crippen molar-refractivity contribution in [3.8, 4) is 99.9 Å². The zero-order valence-electron chi connectivity index (χ0n) is 42.2. The summed E-state index contributed by atoms with van der Waals surface area (Å²) in [5, 5.41) is 0. The Bertz CT molecular complexity index is 3300. The van der Waals surface area contributed by atoms with Crippen molar-refractivity contribution in [1.29, 1.82) is 0 Å². The maximum Gasteiger partial charge on any atom is 0.355 e. The normalized spacial score (nSPS) is 10.9. The lowest BCUT2D eigenvalue weighted by Crippen LogP contribution is -2.06. The van der Waals surface area contributed by atoms with E-state index in [0.717, 1.165) is 120 Å². The van der Waals surface area contributed by atoms with Crippen LogP contribution in [-0.4, -0.2) is 77.8 Å². The van der Waals surface area contributed by atoms with E-state index in [-0.39, 0.29) is 25.2 Å². The number of thiophene rings is 2. The van der Waals surface area contributed by atoms with Gasteiger partial charge in [-0.2, -0.15) is 0 Å². The van der Waals surface area contributed by atoms with Crippen LogP contribution in [0.25, 0.3) is 85.8 Å². The van der Waals surface area contributed by atoms with Gasteiger partial charge < -0.3 is 47.9 Å². The number of methoxy groups -OCH3 is 6. The molecule has 376 valence electrons. The number of esters is 2. The van der Waals surface area contributed by atoms with Gasteiger partial charge in [0.05, 0.1) is 76.3 Å². The van der Waals surface area contributed by atoms with Crippen molar-refractivity contribution in [3.63, 3.8) is 0 Å². The zero-order chi connectivity index (χ0) is 51.9. The highest BCUT2D eigenvalue weighted by atomic mass is 32.1. The molecule has 4 heterocycles. The molecule has 10 rings (SSSR count). The number of rotatable bonds is 16. The van der Waals surface area contributed by atoms with Crippen LogP contribution in [-0.2, 0) is 9.47 Å². The maximum atomic E-state index is 13.1. The van der Waals surface area contributed by atoms with E-state index in [0.29, 0.717) is 11.4 Å². The Kier molecular flexibility index (Phi) is 15.4. The Labute approximate surface area is 437 Å². The highest BCUT2D eigenvalue weighted by Crippen LogP contribution is 2.51. The van der Waals surface area contributed by atoms with Crippen molar-refractivity contribution in [3.05, 3.63) is 157 Å². The first kappa shape index (κ1) is 50.5. The lowest BCUT2D eigenvalue weighted by molar-refractivity contribution is 0.0512. The van der Waals surface area contributed by atoms with E-state index < -0.39 is 0 Å². The van der Waals surface area contributed by atoms with E-state index >= 15 is 0 Å². The van der Waals surface area contributed by atoms with Gasteiger partial charge in [0.1, 0.15) is 45.9 Å². The first-order chi connectivity index (χ1) is 36.1. The second-order valence-corrected chi connectivity index (χ2v) is 18.6. The third-order valence-electron chi connectivity index (χ3n) is 12.4. The number of carbonyl (C=O) groups is 2. The molecule has 6 aromatic carbocycles. The summed E-state index contributed by atoms with van der Waals surface area (Å²) in [4.78, 5) is 35.2. The molecule has 0 atom stereocenters. The number of aromatic nitrogens is 2. The average Bonchev–Trinajstić information content (AvgIpc) is 4.23. The first-order valence-corrected chi connectivity index (χ1v) is 25.4. The number of benzene rings is 6. The minimum absolute atomic E-state index is 0.288.